The summed E-state index contributed by atoms with van der Waals surface area (Å²) in [4.78, 5) is 0. The fourth-order valence-corrected chi connectivity index (χ4v) is 11.7. The molecular weight excluding hydrogens is 522 g/mol. The average Bonchev–Trinajstić information content (AvgIpc) is 2.81. The van der Waals surface area contributed by atoms with E-state index in [1.165, 1.54) is 15.9 Å². The molecule has 0 N–H and O–H groups in total. The Hall–Kier alpha value is -1.80. The molecule has 0 aliphatic heterocycles. The predicted octanol–water partition coefficient (Wildman–Crippen LogP) is 6.97. The molecular formula is C26H22Br2FP. The molecule has 4 rings (SSSR count). The predicted molar refractivity (Wildman–Crippen MR) is 137 cm³/mol. The Balaban J connectivity index is 1.94. The first-order chi connectivity index (χ1) is 14.5. The molecule has 0 bridgehead atoms. The van der Waals surface area contributed by atoms with Crippen LogP contribution in [-0.2, 0) is 6.42 Å². The van der Waals surface area contributed by atoms with Crippen LogP contribution in [0.15, 0.2) is 114 Å². The van der Waals surface area contributed by atoms with Crippen molar-refractivity contribution in [3.63, 3.8) is 0 Å². The second-order valence-corrected chi connectivity index (χ2v) is 17.3. The third-order valence-corrected chi connectivity index (χ3v) is 16.3. The molecule has 0 aromatic heterocycles. The monoisotopic (exact) mass is 542 g/mol. The minimum atomic E-state index is -2.97. The molecule has 0 radical (unpaired) electrons. The number of halogens is 3. The Labute approximate surface area is 194 Å². The van der Waals surface area contributed by atoms with E-state index in [2.05, 4.69) is 122 Å². The molecule has 4 aromatic carbocycles. The van der Waals surface area contributed by atoms with Crippen molar-refractivity contribution >= 4 is 52.6 Å². The van der Waals surface area contributed by atoms with Crippen LogP contribution in [0, 0.1) is 5.82 Å². The summed E-state index contributed by atoms with van der Waals surface area (Å²) in [7, 11) is 0. The van der Waals surface area contributed by atoms with Crippen molar-refractivity contribution in [3.05, 3.63) is 125 Å². The summed E-state index contributed by atoms with van der Waals surface area (Å²) in [6.45, 7) is 0. The van der Waals surface area contributed by atoms with Crippen molar-refractivity contribution in [1.29, 1.82) is 0 Å². The number of benzene rings is 4. The van der Waals surface area contributed by atoms with Crippen LogP contribution in [0.5, 0.6) is 0 Å². The molecule has 0 spiro atoms. The molecule has 4 heteroatoms. The zero-order valence-electron chi connectivity index (χ0n) is 16.4. The van der Waals surface area contributed by atoms with Crippen LogP contribution in [0.2, 0.25) is 0 Å². The summed E-state index contributed by atoms with van der Waals surface area (Å²) >= 11 is 7.70. The average molecular weight is 544 g/mol. The van der Waals surface area contributed by atoms with Gasteiger partial charge in [-0.1, -0.05) is 0 Å². The van der Waals surface area contributed by atoms with E-state index in [0.717, 1.165) is 18.1 Å². The van der Waals surface area contributed by atoms with Crippen LogP contribution < -0.4 is 15.9 Å². The zero-order chi connectivity index (χ0) is 21.1. The van der Waals surface area contributed by atoms with E-state index >= 15 is 0 Å². The van der Waals surface area contributed by atoms with Gasteiger partial charge >= 0.3 is 195 Å². The van der Waals surface area contributed by atoms with Gasteiger partial charge in [0.2, 0.25) is 0 Å². The van der Waals surface area contributed by atoms with Gasteiger partial charge < -0.3 is 0 Å². The van der Waals surface area contributed by atoms with Crippen LogP contribution >= 0.6 is 36.7 Å². The Bertz CT molecular complexity index is 1030. The van der Waals surface area contributed by atoms with Crippen LogP contribution in [-0.4, -0.2) is 6.16 Å². The third kappa shape index (κ3) is 3.80. The summed E-state index contributed by atoms with van der Waals surface area (Å²) in [6.07, 6.45) is 1.61. The second kappa shape index (κ2) is 8.75. The van der Waals surface area contributed by atoms with E-state index in [0.29, 0.717) is 4.47 Å². The Morgan fingerprint density at radius 2 is 1.07 bits per heavy atom. The van der Waals surface area contributed by atoms with E-state index in [1.54, 1.807) is 12.1 Å². The minimum absolute atomic E-state index is 0.221. The van der Waals surface area contributed by atoms with Crippen LogP contribution in [0.3, 0.4) is 0 Å². The van der Waals surface area contributed by atoms with Gasteiger partial charge in [0.15, 0.2) is 0 Å². The summed E-state index contributed by atoms with van der Waals surface area (Å²) in [6, 6.07) is 37.5. The Kier molecular flexibility index (Phi) is 6.25. The van der Waals surface area contributed by atoms with Gasteiger partial charge in [-0.25, -0.2) is 0 Å². The molecule has 0 aliphatic carbocycles. The van der Waals surface area contributed by atoms with Crippen LogP contribution in [0.4, 0.5) is 4.39 Å². The van der Waals surface area contributed by atoms with Crippen molar-refractivity contribution in [3.8, 4) is 0 Å². The summed E-state index contributed by atoms with van der Waals surface area (Å²) in [5.74, 6) is -0.221. The summed E-state index contributed by atoms with van der Waals surface area (Å²) in [5, 5.41) is 0.855. The Morgan fingerprint density at radius 3 is 1.47 bits per heavy atom. The first-order valence-corrected chi connectivity index (χ1v) is 15.1. The molecule has 0 aliphatic rings. The molecule has 30 heavy (non-hydrogen) atoms. The van der Waals surface area contributed by atoms with Gasteiger partial charge in [0.25, 0.3) is 0 Å². The van der Waals surface area contributed by atoms with Crippen molar-refractivity contribution < 1.29 is 4.39 Å². The Morgan fingerprint density at radius 1 is 0.633 bits per heavy atom. The van der Waals surface area contributed by atoms with E-state index in [9.17, 15) is 4.39 Å². The number of hydrogen-bond acceptors (Lipinski definition) is 0. The topological polar surface area (TPSA) is 0 Å². The van der Waals surface area contributed by atoms with Gasteiger partial charge in [-0.15, -0.1) is 0 Å². The normalized spacial score (nSPS) is 12.8. The molecule has 0 atom stereocenters. The van der Waals surface area contributed by atoms with Gasteiger partial charge in [0.05, 0.1) is 0 Å². The maximum atomic E-state index is 14.2. The molecule has 0 unspecified atom stereocenters. The van der Waals surface area contributed by atoms with Crippen LogP contribution in [0.25, 0.3) is 0 Å². The number of rotatable bonds is 6. The molecule has 0 heterocycles. The molecule has 4 aromatic rings. The molecule has 0 nitrogen and oxygen atoms in total. The molecule has 152 valence electrons. The first kappa shape index (κ1) is 21.4. The maximum absolute atomic E-state index is 14.2. The van der Waals surface area contributed by atoms with Crippen molar-refractivity contribution in [2.45, 2.75) is 6.42 Å². The fraction of sp³-hybridized carbons (Fsp3) is 0.0769. The summed E-state index contributed by atoms with van der Waals surface area (Å²) in [5.41, 5.74) is 0.993. The first-order valence-electron chi connectivity index (χ1n) is 9.86. The van der Waals surface area contributed by atoms with Crippen LogP contribution in [0.1, 0.15) is 5.56 Å². The van der Waals surface area contributed by atoms with Crippen molar-refractivity contribution in [2.75, 3.05) is 6.16 Å². The van der Waals surface area contributed by atoms with Gasteiger partial charge in [0, 0.05) is 0 Å². The summed E-state index contributed by atoms with van der Waals surface area (Å²) < 4.78 is 14.7. The zero-order valence-corrected chi connectivity index (χ0v) is 20.5. The molecule has 0 amide bonds. The second-order valence-electron chi connectivity index (χ2n) is 7.41. The number of hydrogen-bond donors (Lipinski definition) is 0. The molecule has 0 saturated heterocycles. The quantitative estimate of drug-likeness (QED) is 0.230. The number of aryl methyl sites for hydroxylation is 1. The van der Waals surface area contributed by atoms with Gasteiger partial charge in [0.1, 0.15) is 0 Å². The van der Waals surface area contributed by atoms with Crippen molar-refractivity contribution in [1.82, 2.24) is 0 Å². The standard InChI is InChI=1S/C26H22Br2FP/c27-25-17-16-21(20-26(25)29)18-19-30(28,22-10-4-1-5-11-22,23-12-6-2-7-13-23)24-14-8-3-9-15-24/h1-17,20H,18-19H2. The molecule has 0 saturated carbocycles. The fourth-order valence-electron chi connectivity index (χ4n) is 4.09. The van der Waals surface area contributed by atoms with E-state index in [4.69, 9.17) is 0 Å². The van der Waals surface area contributed by atoms with E-state index < -0.39 is 5.31 Å². The third-order valence-electron chi connectivity index (χ3n) is 5.69. The van der Waals surface area contributed by atoms with E-state index in [1.807, 2.05) is 6.07 Å². The van der Waals surface area contributed by atoms with Gasteiger partial charge in [-0.3, -0.25) is 0 Å². The van der Waals surface area contributed by atoms with Crippen molar-refractivity contribution in [2.24, 2.45) is 0 Å². The van der Waals surface area contributed by atoms with Gasteiger partial charge in [-0.05, 0) is 0 Å². The molecule has 0 fully saturated rings. The van der Waals surface area contributed by atoms with Gasteiger partial charge in [-0.2, -0.15) is 0 Å². The SMILES string of the molecule is Fc1cc(CCP(Br)(c2ccccc2)(c2ccccc2)c2ccccc2)ccc1Br. The van der Waals surface area contributed by atoms with E-state index in [-0.39, 0.29) is 5.82 Å².